The molecule has 5 nitrogen and oxygen atoms in total. The summed E-state index contributed by atoms with van der Waals surface area (Å²) in [6.07, 6.45) is 2.60. The van der Waals surface area contributed by atoms with Crippen molar-refractivity contribution in [3.8, 4) is 0 Å². The van der Waals surface area contributed by atoms with Gasteiger partial charge in [0.05, 0.1) is 7.11 Å². The second kappa shape index (κ2) is 8.66. The number of carbonyl (C=O) groups is 3. The minimum absolute atomic E-state index is 0.115. The molecule has 104 valence electrons. The van der Waals surface area contributed by atoms with Gasteiger partial charge in [-0.05, 0) is 19.3 Å². The highest BCUT2D eigenvalue weighted by atomic mass is 16.5. The number of hydrogen-bond acceptors (Lipinski definition) is 4. The Kier molecular flexibility index (Phi) is 8.00. The summed E-state index contributed by atoms with van der Waals surface area (Å²) < 4.78 is 4.59. The topological polar surface area (TPSA) is 72.5 Å². The summed E-state index contributed by atoms with van der Waals surface area (Å²) in [5.41, 5.74) is 0. The Labute approximate surface area is 108 Å². The zero-order valence-corrected chi connectivity index (χ0v) is 11.6. The molecule has 0 aromatic heterocycles. The van der Waals surface area contributed by atoms with Crippen LogP contribution in [-0.2, 0) is 19.1 Å². The van der Waals surface area contributed by atoms with E-state index < -0.39 is 12.0 Å². The highest BCUT2D eigenvalue weighted by Gasteiger charge is 2.31. The van der Waals surface area contributed by atoms with Crippen LogP contribution in [0, 0.1) is 5.92 Å². The fraction of sp³-hybridized carbons (Fsp3) is 0.769. The molecule has 5 heteroatoms. The Hall–Kier alpha value is -1.39. The van der Waals surface area contributed by atoms with Gasteiger partial charge in [-0.15, -0.1) is 0 Å². The maximum atomic E-state index is 11.4. The molecule has 0 saturated heterocycles. The molecule has 0 aromatic rings. The van der Waals surface area contributed by atoms with E-state index in [0.717, 1.165) is 12.8 Å². The van der Waals surface area contributed by atoms with Gasteiger partial charge >= 0.3 is 5.97 Å². The first-order chi connectivity index (χ1) is 8.54. The van der Waals surface area contributed by atoms with Gasteiger partial charge in [-0.3, -0.25) is 9.59 Å². The van der Waals surface area contributed by atoms with Crippen molar-refractivity contribution in [3.05, 3.63) is 0 Å². The molecule has 1 N–H and O–H groups in total. The van der Waals surface area contributed by atoms with Crippen LogP contribution in [0.25, 0.3) is 0 Å². The maximum absolute atomic E-state index is 11.4. The number of Topliss-reactive ketones (excluding diaryl/α,β-unsaturated/α-hetero) is 1. The SMILES string of the molecule is CC.COC(=O)C(CC1CCCC1=O)NC(C)=O. The van der Waals surface area contributed by atoms with Crippen LogP contribution in [0.3, 0.4) is 0 Å². The zero-order chi connectivity index (χ0) is 14.1. The van der Waals surface area contributed by atoms with Gasteiger partial charge in [0.1, 0.15) is 11.8 Å². The Bertz CT molecular complexity index is 301. The first kappa shape index (κ1) is 16.6. The van der Waals surface area contributed by atoms with Crippen molar-refractivity contribution in [1.82, 2.24) is 5.32 Å². The quantitative estimate of drug-likeness (QED) is 0.774. The van der Waals surface area contributed by atoms with Crippen molar-refractivity contribution >= 4 is 17.7 Å². The second-order valence-electron chi connectivity index (χ2n) is 4.07. The number of methoxy groups -OCH3 is 1. The summed E-state index contributed by atoms with van der Waals surface area (Å²) in [7, 11) is 1.27. The molecule has 0 bridgehead atoms. The van der Waals surface area contributed by atoms with Gasteiger partial charge in [0.25, 0.3) is 0 Å². The number of ether oxygens (including phenoxy) is 1. The van der Waals surface area contributed by atoms with E-state index >= 15 is 0 Å². The average Bonchev–Trinajstić information content (AvgIpc) is 2.75. The van der Waals surface area contributed by atoms with Gasteiger partial charge in [0.15, 0.2) is 0 Å². The van der Waals surface area contributed by atoms with Crippen LogP contribution in [0.5, 0.6) is 0 Å². The van der Waals surface area contributed by atoms with Crippen LogP contribution < -0.4 is 5.32 Å². The maximum Gasteiger partial charge on any atom is 0.328 e. The average molecular weight is 257 g/mol. The predicted molar refractivity (Wildman–Crippen MR) is 67.9 cm³/mol. The molecular formula is C13H23NO4. The molecule has 1 aliphatic carbocycles. The number of ketones is 1. The number of hydrogen-bond donors (Lipinski definition) is 1. The third-order valence-electron chi connectivity index (χ3n) is 2.81. The van der Waals surface area contributed by atoms with Crippen LogP contribution in [0.2, 0.25) is 0 Å². The highest BCUT2D eigenvalue weighted by molar-refractivity contribution is 5.86. The number of carbonyl (C=O) groups excluding carboxylic acids is 3. The lowest BCUT2D eigenvalue weighted by atomic mass is 9.97. The van der Waals surface area contributed by atoms with Gasteiger partial charge in [-0.25, -0.2) is 4.79 Å². The lowest BCUT2D eigenvalue weighted by Gasteiger charge is -2.18. The van der Waals surface area contributed by atoms with Gasteiger partial charge in [-0.2, -0.15) is 0 Å². The predicted octanol–water partition coefficient (Wildman–Crippen LogP) is 1.45. The van der Waals surface area contributed by atoms with Crippen molar-refractivity contribution in [2.45, 2.75) is 52.5 Å². The largest absolute Gasteiger partial charge is 0.467 e. The zero-order valence-electron chi connectivity index (χ0n) is 11.6. The van der Waals surface area contributed by atoms with Gasteiger partial charge in [-0.1, -0.05) is 13.8 Å². The van der Waals surface area contributed by atoms with E-state index in [1.807, 2.05) is 13.8 Å². The summed E-state index contributed by atoms with van der Waals surface area (Å²) in [5, 5.41) is 2.51. The van der Waals surface area contributed by atoms with Crippen molar-refractivity contribution in [2.75, 3.05) is 7.11 Å². The fourth-order valence-electron chi connectivity index (χ4n) is 2.02. The molecule has 0 radical (unpaired) electrons. The second-order valence-corrected chi connectivity index (χ2v) is 4.07. The van der Waals surface area contributed by atoms with E-state index in [-0.39, 0.29) is 17.6 Å². The first-order valence-corrected chi connectivity index (χ1v) is 6.42. The molecule has 1 amide bonds. The Morgan fingerprint density at radius 3 is 2.44 bits per heavy atom. The monoisotopic (exact) mass is 257 g/mol. The molecule has 1 fully saturated rings. The molecule has 1 aliphatic rings. The van der Waals surface area contributed by atoms with Gasteiger partial charge < -0.3 is 10.1 Å². The fourth-order valence-corrected chi connectivity index (χ4v) is 2.02. The number of nitrogens with one attached hydrogen (secondary N) is 1. The summed E-state index contributed by atoms with van der Waals surface area (Å²) >= 11 is 0. The molecule has 18 heavy (non-hydrogen) atoms. The van der Waals surface area contributed by atoms with Crippen molar-refractivity contribution in [3.63, 3.8) is 0 Å². The Morgan fingerprint density at radius 2 is 2.06 bits per heavy atom. The third-order valence-corrected chi connectivity index (χ3v) is 2.81. The van der Waals surface area contributed by atoms with Crippen LogP contribution in [0.1, 0.15) is 46.5 Å². The van der Waals surface area contributed by atoms with E-state index in [2.05, 4.69) is 10.1 Å². The van der Waals surface area contributed by atoms with E-state index in [9.17, 15) is 14.4 Å². The number of esters is 1. The molecule has 0 aliphatic heterocycles. The first-order valence-electron chi connectivity index (χ1n) is 6.42. The lowest BCUT2D eigenvalue weighted by Crippen LogP contribution is -2.42. The Morgan fingerprint density at radius 1 is 1.44 bits per heavy atom. The van der Waals surface area contributed by atoms with E-state index in [1.54, 1.807) is 0 Å². The van der Waals surface area contributed by atoms with Crippen molar-refractivity contribution in [2.24, 2.45) is 5.92 Å². The van der Waals surface area contributed by atoms with E-state index in [4.69, 9.17) is 0 Å². The standard InChI is InChI=1S/C11H17NO4.C2H6/c1-7(13)12-9(11(15)16-2)6-8-4-3-5-10(8)14;1-2/h8-9H,3-6H2,1-2H3,(H,12,13);1-2H3. The molecule has 1 rings (SSSR count). The van der Waals surface area contributed by atoms with E-state index in [0.29, 0.717) is 12.8 Å². The highest BCUT2D eigenvalue weighted by Crippen LogP contribution is 2.25. The van der Waals surface area contributed by atoms with Gasteiger partial charge in [0, 0.05) is 19.3 Å². The molecule has 1 saturated carbocycles. The summed E-state index contributed by atoms with van der Waals surface area (Å²) in [6, 6.07) is -0.699. The van der Waals surface area contributed by atoms with E-state index in [1.165, 1.54) is 14.0 Å². The molecule has 0 heterocycles. The lowest BCUT2D eigenvalue weighted by molar-refractivity contribution is -0.145. The Balaban J connectivity index is 0.00000137. The summed E-state index contributed by atoms with van der Waals surface area (Å²) in [4.78, 5) is 33.8. The van der Waals surface area contributed by atoms with Gasteiger partial charge in [0.2, 0.25) is 5.91 Å². The van der Waals surface area contributed by atoms with Crippen LogP contribution in [-0.4, -0.2) is 30.8 Å². The summed E-state index contributed by atoms with van der Waals surface area (Å²) in [6.45, 7) is 5.34. The van der Waals surface area contributed by atoms with Crippen molar-refractivity contribution < 1.29 is 19.1 Å². The van der Waals surface area contributed by atoms with Crippen LogP contribution >= 0.6 is 0 Å². The number of rotatable bonds is 4. The van der Waals surface area contributed by atoms with Crippen LogP contribution in [0.15, 0.2) is 0 Å². The van der Waals surface area contributed by atoms with Crippen LogP contribution in [0.4, 0.5) is 0 Å². The minimum Gasteiger partial charge on any atom is -0.467 e. The molecular weight excluding hydrogens is 234 g/mol. The number of amides is 1. The minimum atomic E-state index is -0.699. The molecule has 0 spiro atoms. The molecule has 0 aromatic carbocycles. The smallest absolute Gasteiger partial charge is 0.328 e. The third kappa shape index (κ3) is 5.29. The summed E-state index contributed by atoms with van der Waals surface area (Å²) in [5.74, 6) is -0.717. The molecule has 2 atom stereocenters. The molecule has 2 unspecified atom stereocenters. The normalized spacial score (nSPS) is 19.6. The van der Waals surface area contributed by atoms with Crippen molar-refractivity contribution in [1.29, 1.82) is 0 Å².